The molecule has 12 heteroatoms. The van der Waals surface area contributed by atoms with Crippen LogP contribution in [0.15, 0.2) is 0 Å². The van der Waals surface area contributed by atoms with E-state index >= 15 is 0 Å². The van der Waals surface area contributed by atoms with E-state index in [9.17, 15) is 25.9 Å². The summed E-state index contributed by atoms with van der Waals surface area (Å²) in [6.45, 7) is 4.53. The fourth-order valence-electron chi connectivity index (χ4n) is 4.56. The van der Waals surface area contributed by atoms with Gasteiger partial charge in [-0.15, -0.1) is 0 Å². The summed E-state index contributed by atoms with van der Waals surface area (Å²) in [5.74, 6) is 0. The van der Waals surface area contributed by atoms with E-state index in [1.54, 1.807) is 0 Å². The molecule has 0 saturated carbocycles. The van der Waals surface area contributed by atoms with Crippen molar-refractivity contribution in [3.05, 3.63) is 0 Å². The average Bonchev–Trinajstić information content (AvgIpc) is 2.88. The quantitative estimate of drug-likeness (QED) is 0.0491. The third-order valence-electron chi connectivity index (χ3n) is 6.95. The van der Waals surface area contributed by atoms with Gasteiger partial charge in [0.1, 0.15) is 0 Å². The predicted molar refractivity (Wildman–Crippen MR) is 163 cm³/mol. The molecule has 0 spiro atoms. The van der Waals surface area contributed by atoms with Gasteiger partial charge in [0.15, 0.2) is 0 Å². The summed E-state index contributed by atoms with van der Waals surface area (Å²) >= 11 is 0. The van der Waals surface area contributed by atoms with Crippen LogP contribution in [0.1, 0.15) is 181 Å². The first-order chi connectivity index (χ1) is 19.1. The van der Waals surface area contributed by atoms with E-state index in [4.69, 9.17) is 0 Å². The van der Waals surface area contributed by atoms with Gasteiger partial charge in [0.25, 0.3) is 0 Å². The summed E-state index contributed by atoms with van der Waals surface area (Å²) in [5, 5.41) is 0. The number of rotatable bonds is 30. The third-order valence-corrected chi connectivity index (χ3v) is 7.86. The maximum atomic E-state index is 10.2. The molecule has 42 heavy (non-hydrogen) atoms. The molecule has 0 rings (SSSR count). The van der Waals surface area contributed by atoms with E-state index in [1.165, 1.54) is 128 Å². The van der Waals surface area contributed by atoms with E-state index < -0.39 is 20.8 Å². The van der Waals surface area contributed by atoms with Crippen LogP contribution in [0, 0.1) is 0 Å². The first-order valence-corrected chi connectivity index (χ1v) is 19.0. The normalized spacial score (nSPS) is 11.3. The van der Waals surface area contributed by atoms with Gasteiger partial charge in [-0.3, -0.25) is 8.37 Å². The van der Waals surface area contributed by atoms with Crippen LogP contribution in [-0.2, 0) is 29.2 Å². The molecule has 0 atom stereocenters. The van der Waals surface area contributed by atoms with Crippen molar-refractivity contribution in [2.24, 2.45) is 0 Å². The van der Waals surface area contributed by atoms with Gasteiger partial charge >= 0.3 is 80.9 Å². The zero-order valence-corrected chi connectivity index (χ0v) is 34.6. The molecule has 0 bridgehead atoms. The van der Waals surface area contributed by atoms with Crippen molar-refractivity contribution in [2.75, 3.05) is 13.2 Å². The second kappa shape index (κ2) is 39.6. The minimum Gasteiger partial charge on any atom is -0.726 e. The molecule has 0 aliphatic rings. The molecule has 0 aliphatic heterocycles. The number of unbranched alkanes of at least 4 members (excludes halogenated alkanes) is 24. The summed E-state index contributed by atoms with van der Waals surface area (Å²) in [6.07, 6.45) is 32.0. The predicted octanol–water partition coefficient (Wildman–Crippen LogP) is 3.12. The molecule has 0 fully saturated rings. The van der Waals surface area contributed by atoms with Crippen LogP contribution in [0.3, 0.4) is 0 Å². The molecule has 0 saturated heterocycles. The Morgan fingerprint density at radius 3 is 0.714 bits per heavy atom. The SMILES string of the molecule is CCCCCCCCCCCCCCCCCCOS(=O)(=O)[O-].CCCCCCCCCCCCOS(=O)(=O)[O-].[K+].[Na+]. The van der Waals surface area contributed by atoms with Crippen LogP contribution in [0.2, 0.25) is 0 Å². The Balaban J connectivity index is -0.000000342. The minimum absolute atomic E-state index is 0. The van der Waals surface area contributed by atoms with Gasteiger partial charge in [0, 0.05) is 0 Å². The number of hydrogen-bond donors (Lipinski definition) is 0. The van der Waals surface area contributed by atoms with Crippen LogP contribution >= 0.6 is 0 Å². The van der Waals surface area contributed by atoms with Gasteiger partial charge in [-0.2, -0.15) is 0 Å². The number of hydrogen-bond acceptors (Lipinski definition) is 8. The van der Waals surface area contributed by atoms with Crippen molar-refractivity contribution in [3.63, 3.8) is 0 Å². The van der Waals surface area contributed by atoms with Crippen molar-refractivity contribution < 1.29 is 115 Å². The smallest absolute Gasteiger partial charge is 0.726 e. The summed E-state index contributed by atoms with van der Waals surface area (Å²) in [6, 6.07) is 0. The molecule has 0 unspecified atom stereocenters. The fraction of sp³-hybridized carbons (Fsp3) is 1.00. The summed E-state index contributed by atoms with van der Waals surface area (Å²) < 4.78 is 69.3. The molecule has 0 aromatic heterocycles. The molecule has 0 radical (unpaired) electrons. The van der Waals surface area contributed by atoms with E-state index in [0.717, 1.165) is 25.7 Å². The van der Waals surface area contributed by atoms with Gasteiger partial charge in [-0.1, -0.05) is 168 Å². The zero-order chi connectivity index (χ0) is 30.2. The fourth-order valence-corrected chi connectivity index (χ4v) is 5.21. The second-order valence-electron chi connectivity index (χ2n) is 10.9. The molecular weight excluding hydrogens is 615 g/mol. The molecule has 244 valence electrons. The molecule has 0 aromatic carbocycles. The minimum atomic E-state index is -4.49. The maximum absolute atomic E-state index is 10.2. The van der Waals surface area contributed by atoms with Gasteiger partial charge < -0.3 is 9.11 Å². The standard InChI is InChI=1S/C18H38O4S.C12H26O4S.K.Na/c1-2-3-4-5-6-7-8-9-10-11-12-13-14-15-16-17-18-22-23(19,20)21;1-2-3-4-5-6-7-8-9-10-11-12-16-17(13,14)15;;/h2-18H2,1H3,(H,19,20,21);2-12H2,1H3,(H,13,14,15);;/q;;2*+1/p-2. The Kier molecular flexibility index (Phi) is 48.2. The monoisotopic (exact) mass is 676 g/mol. The van der Waals surface area contributed by atoms with E-state index in [0.29, 0.717) is 12.8 Å². The topological polar surface area (TPSA) is 133 Å². The van der Waals surface area contributed by atoms with Crippen molar-refractivity contribution in [3.8, 4) is 0 Å². The Morgan fingerprint density at radius 1 is 0.381 bits per heavy atom. The second-order valence-corrected chi connectivity index (χ2v) is 13.1. The van der Waals surface area contributed by atoms with E-state index in [2.05, 4.69) is 22.2 Å². The largest absolute Gasteiger partial charge is 1.00 e. The summed E-state index contributed by atoms with van der Waals surface area (Å²) in [5.41, 5.74) is 0. The Bertz CT molecular complexity index is 710. The first-order valence-electron chi connectivity index (χ1n) is 16.3. The molecule has 8 nitrogen and oxygen atoms in total. The maximum Gasteiger partial charge on any atom is 1.00 e. The van der Waals surface area contributed by atoms with Crippen LogP contribution in [-0.4, -0.2) is 39.2 Å². The zero-order valence-electron chi connectivity index (χ0n) is 27.9. The van der Waals surface area contributed by atoms with Crippen LogP contribution in [0.25, 0.3) is 0 Å². The van der Waals surface area contributed by atoms with Gasteiger partial charge in [0.05, 0.1) is 13.2 Å². The van der Waals surface area contributed by atoms with Crippen LogP contribution < -0.4 is 80.9 Å². The van der Waals surface area contributed by atoms with Gasteiger partial charge in [-0.05, 0) is 12.8 Å². The summed E-state index contributed by atoms with van der Waals surface area (Å²) in [7, 11) is -8.98. The molecule has 0 heterocycles. The van der Waals surface area contributed by atoms with Crippen molar-refractivity contribution in [1.82, 2.24) is 0 Å². The van der Waals surface area contributed by atoms with Crippen molar-refractivity contribution in [2.45, 2.75) is 181 Å². The van der Waals surface area contributed by atoms with Crippen LogP contribution in [0.5, 0.6) is 0 Å². The first kappa shape index (κ1) is 51.2. The molecular formula is C30H62KNaO8S2. The Morgan fingerprint density at radius 2 is 0.548 bits per heavy atom. The van der Waals surface area contributed by atoms with Crippen molar-refractivity contribution >= 4 is 20.8 Å². The average molecular weight is 677 g/mol. The molecule has 0 aliphatic carbocycles. The van der Waals surface area contributed by atoms with Crippen molar-refractivity contribution in [1.29, 1.82) is 0 Å². The van der Waals surface area contributed by atoms with Crippen LogP contribution in [0.4, 0.5) is 0 Å². The molecule has 0 amide bonds. The molecule has 0 N–H and O–H groups in total. The Hall–Kier alpha value is 2.38. The summed E-state index contributed by atoms with van der Waals surface area (Å²) in [4.78, 5) is 0. The van der Waals surface area contributed by atoms with Gasteiger partial charge in [-0.25, -0.2) is 16.8 Å². The third kappa shape index (κ3) is 54.8. The van der Waals surface area contributed by atoms with E-state index in [1.807, 2.05) is 0 Å². The van der Waals surface area contributed by atoms with E-state index in [-0.39, 0.29) is 94.2 Å². The molecule has 0 aromatic rings. The Labute approximate surface area is 326 Å². The van der Waals surface area contributed by atoms with Gasteiger partial charge in [0.2, 0.25) is 20.8 Å².